The molecule has 0 spiro atoms. The molecule has 0 saturated carbocycles. The molecule has 1 aliphatic rings. The van der Waals surface area contributed by atoms with Gasteiger partial charge in [-0.15, -0.1) is 0 Å². The number of carboxylic acid groups (broad SMARTS) is 2. The van der Waals surface area contributed by atoms with Crippen LogP contribution in [-0.4, -0.2) is 35.7 Å². The molecule has 1 saturated heterocycles. The standard InChI is InChI=1S/C5H11N.C2H4O2.CH2O2/c1-2-4-6-5-3-1;1-2(3)4;2-1-3/h6H,1-5H2;1H3,(H,3,4);1H,(H,2,3). The molecular weight excluding hydrogens is 174 g/mol. The normalized spacial score (nSPS) is 13.9. The van der Waals surface area contributed by atoms with E-state index in [-0.39, 0.29) is 6.47 Å². The Morgan fingerprint density at radius 2 is 1.62 bits per heavy atom. The Labute approximate surface area is 77.8 Å². The van der Waals surface area contributed by atoms with Crippen LogP contribution in [0.4, 0.5) is 0 Å². The molecule has 1 rings (SSSR count). The van der Waals surface area contributed by atoms with Gasteiger partial charge in [-0.1, -0.05) is 6.42 Å². The van der Waals surface area contributed by atoms with Gasteiger partial charge in [-0.3, -0.25) is 9.59 Å². The Morgan fingerprint density at radius 3 is 1.69 bits per heavy atom. The second-order valence-corrected chi connectivity index (χ2v) is 2.44. The van der Waals surface area contributed by atoms with Gasteiger partial charge in [-0.25, -0.2) is 0 Å². The summed E-state index contributed by atoms with van der Waals surface area (Å²) in [5.41, 5.74) is 0. The van der Waals surface area contributed by atoms with Crippen LogP contribution in [-0.2, 0) is 9.59 Å². The molecule has 1 fully saturated rings. The lowest BCUT2D eigenvalue weighted by molar-refractivity contribution is -0.134. The van der Waals surface area contributed by atoms with E-state index in [1.54, 1.807) is 0 Å². The van der Waals surface area contributed by atoms with Crippen molar-refractivity contribution in [3.8, 4) is 0 Å². The SMILES string of the molecule is C1CCNCC1.CC(=O)O.O=CO. The van der Waals surface area contributed by atoms with Gasteiger partial charge in [0.15, 0.2) is 0 Å². The molecule has 0 amide bonds. The molecular formula is C8H17NO4. The maximum absolute atomic E-state index is 9.00. The second-order valence-electron chi connectivity index (χ2n) is 2.44. The van der Waals surface area contributed by atoms with Crippen LogP contribution in [0.25, 0.3) is 0 Å². The lowest BCUT2D eigenvalue weighted by Crippen LogP contribution is -2.21. The minimum absolute atomic E-state index is 0.250. The van der Waals surface area contributed by atoms with Crippen LogP contribution >= 0.6 is 0 Å². The Morgan fingerprint density at radius 1 is 1.31 bits per heavy atom. The quantitative estimate of drug-likeness (QED) is 0.487. The summed E-state index contributed by atoms with van der Waals surface area (Å²) in [6, 6.07) is 0. The van der Waals surface area contributed by atoms with Crippen molar-refractivity contribution in [2.45, 2.75) is 26.2 Å². The molecule has 78 valence electrons. The van der Waals surface area contributed by atoms with Crippen molar-refractivity contribution in [3.05, 3.63) is 0 Å². The fourth-order valence-corrected chi connectivity index (χ4v) is 0.802. The van der Waals surface area contributed by atoms with E-state index in [0.717, 1.165) is 6.92 Å². The van der Waals surface area contributed by atoms with Crippen LogP contribution in [0.5, 0.6) is 0 Å². The summed E-state index contributed by atoms with van der Waals surface area (Å²) in [6.07, 6.45) is 4.22. The number of carbonyl (C=O) groups is 2. The highest BCUT2D eigenvalue weighted by atomic mass is 16.4. The van der Waals surface area contributed by atoms with E-state index < -0.39 is 5.97 Å². The van der Waals surface area contributed by atoms with Gasteiger partial charge >= 0.3 is 0 Å². The third-order valence-electron chi connectivity index (χ3n) is 1.21. The average molecular weight is 191 g/mol. The van der Waals surface area contributed by atoms with Crippen molar-refractivity contribution in [1.82, 2.24) is 5.32 Å². The molecule has 1 heterocycles. The van der Waals surface area contributed by atoms with Gasteiger partial charge in [-0.2, -0.15) is 0 Å². The maximum atomic E-state index is 9.00. The topological polar surface area (TPSA) is 86.6 Å². The molecule has 0 atom stereocenters. The Hall–Kier alpha value is -1.10. The van der Waals surface area contributed by atoms with Crippen LogP contribution in [0.2, 0.25) is 0 Å². The second kappa shape index (κ2) is 13.5. The van der Waals surface area contributed by atoms with Gasteiger partial charge in [0, 0.05) is 6.92 Å². The number of hydrogen-bond acceptors (Lipinski definition) is 3. The van der Waals surface area contributed by atoms with E-state index >= 15 is 0 Å². The van der Waals surface area contributed by atoms with Crippen molar-refractivity contribution in [2.24, 2.45) is 0 Å². The third kappa shape index (κ3) is 36.0. The zero-order chi connectivity index (χ0) is 10.5. The number of aliphatic carboxylic acids is 1. The number of carboxylic acids is 1. The molecule has 0 aromatic heterocycles. The first-order valence-corrected chi connectivity index (χ1v) is 4.13. The smallest absolute Gasteiger partial charge is 0.300 e. The Bertz CT molecular complexity index is 108. The predicted molar refractivity (Wildman–Crippen MR) is 48.7 cm³/mol. The van der Waals surface area contributed by atoms with Gasteiger partial charge in [0.05, 0.1) is 0 Å². The molecule has 0 radical (unpaired) electrons. The molecule has 0 bridgehead atoms. The van der Waals surface area contributed by atoms with Crippen molar-refractivity contribution >= 4 is 12.4 Å². The summed E-state index contributed by atoms with van der Waals surface area (Å²) in [5, 5.41) is 17.6. The third-order valence-corrected chi connectivity index (χ3v) is 1.21. The zero-order valence-electron chi connectivity index (χ0n) is 7.82. The van der Waals surface area contributed by atoms with E-state index in [1.807, 2.05) is 0 Å². The minimum Gasteiger partial charge on any atom is -0.483 e. The lowest BCUT2D eigenvalue weighted by Gasteiger charge is -2.08. The fraction of sp³-hybridized carbons (Fsp3) is 0.750. The minimum atomic E-state index is -0.833. The van der Waals surface area contributed by atoms with E-state index in [1.165, 1.54) is 32.4 Å². The highest BCUT2D eigenvalue weighted by Gasteiger charge is 1.93. The van der Waals surface area contributed by atoms with E-state index in [2.05, 4.69) is 5.32 Å². The van der Waals surface area contributed by atoms with E-state index in [4.69, 9.17) is 19.8 Å². The molecule has 13 heavy (non-hydrogen) atoms. The van der Waals surface area contributed by atoms with Crippen molar-refractivity contribution in [1.29, 1.82) is 0 Å². The first-order valence-electron chi connectivity index (χ1n) is 4.13. The Balaban J connectivity index is 0. The van der Waals surface area contributed by atoms with Gasteiger partial charge < -0.3 is 15.5 Å². The highest BCUT2D eigenvalue weighted by Crippen LogP contribution is 1.96. The molecule has 0 aromatic carbocycles. The first-order chi connectivity index (χ1) is 6.15. The van der Waals surface area contributed by atoms with Crippen LogP contribution < -0.4 is 5.32 Å². The number of nitrogens with one attached hydrogen (secondary N) is 1. The van der Waals surface area contributed by atoms with Crippen molar-refractivity contribution in [2.75, 3.05) is 13.1 Å². The molecule has 5 heteroatoms. The number of piperidine rings is 1. The predicted octanol–water partition coefficient (Wildman–Crippen LogP) is 0.552. The average Bonchev–Trinajstić information content (AvgIpc) is 2.08. The number of rotatable bonds is 0. The summed E-state index contributed by atoms with van der Waals surface area (Å²) in [6.45, 7) is 3.33. The summed E-state index contributed by atoms with van der Waals surface area (Å²) in [4.78, 5) is 17.4. The fourth-order valence-electron chi connectivity index (χ4n) is 0.802. The lowest BCUT2D eigenvalue weighted by atomic mass is 10.2. The molecule has 5 nitrogen and oxygen atoms in total. The van der Waals surface area contributed by atoms with Gasteiger partial charge in [0.25, 0.3) is 12.4 Å². The van der Waals surface area contributed by atoms with Gasteiger partial charge in [-0.05, 0) is 25.9 Å². The van der Waals surface area contributed by atoms with Crippen molar-refractivity contribution in [3.63, 3.8) is 0 Å². The summed E-state index contributed by atoms with van der Waals surface area (Å²) in [5.74, 6) is -0.833. The van der Waals surface area contributed by atoms with E-state index in [9.17, 15) is 0 Å². The largest absolute Gasteiger partial charge is 0.483 e. The molecule has 0 unspecified atom stereocenters. The van der Waals surface area contributed by atoms with Crippen LogP contribution in [0, 0.1) is 0 Å². The monoisotopic (exact) mass is 191 g/mol. The summed E-state index contributed by atoms with van der Waals surface area (Å²) < 4.78 is 0. The highest BCUT2D eigenvalue weighted by molar-refractivity contribution is 5.62. The zero-order valence-corrected chi connectivity index (χ0v) is 7.82. The van der Waals surface area contributed by atoms with Gasteiger partial charge in [0.1, 0.15) is 0 Å². The summed E-state index contributed by atoms with van der Waals surface area (Å²) >= 11 is 0. The molecule has 3 N–H and O–H groups in total. The van der Waals surface area contributed by atoms with Crippen LogP contribution in [0.3, 0.4) is 0 Å². The van der Waals surface area contributed by atoms with Gasteiger partial charge in [0.2, 0.25) is 0 Å². The van der Waals surface area contributed by atoms with E-state index in [0.29, 0.717) is 0 Å². The maximum Gasteiger partial charge on any atom is 0.300 e. The molecule has 0 aromatic rings. The first kappa shape index (κ1) is 14.4. The summed E-state index contributed by atoms with van der Waals surface area (Å²) in [7, 11) is 0. The van der Waals surface area contributed by atoms with Crippen LogP contribution in [0.1, 0.15) is 26.2 Å². The molecule has 1 aliphatic heterocycles. The molecule has 0 aliphatic carbocycles. The number of hydrogen-bond donors (Lipinski definition) is 3. The van der Waals surface area contributed by atoms with Crippen LogP contribution in [0.15, 0.2) is 0 Å². The van der Waals surface area contributed by atoms with Crippen molar-refractivity contribution < 1.29 is 19.8 Å². The Kier molecular flexibility index (Phi) is 15.0.